The number of hydrogen-bond donors (Lipinski definition) is 1. The Morgan fingerprint density at radius 2 is 2.05 bits per heavy atom. The van der Waals surface area contributed by atoms with Crippen molar-refractivity contribution in [3.8, 4) is 23.8 Å². The van der Waals surface area contributed by atoms with E-state index in [0.717, 1.165) is 11.3 Å². The molecule has 0 amide bonds. The lowest BCUT2D eigenvalue weighted by molar-refractivity contribution is 0.331. The quantitative estimate of drug-likeness (QED) is 0.505. The van der Waals surface area contributed by atoms with Gasteiger partial charge in [-0.15, -0.1) is 18.8 Å². The average molecular weight is 318 g/mol. The van der Waals surface area contributed by atoms with Crippen LogP contribution in [0.5, 0.6) is 11.5 Å². The van der Waals surface area contributed by atoms with E-state index in [2.05, 4.69) is 21.4 Å². The Morgan fingerprint density at radius 1 is 1.27 bits per heavy atom. The molecule has 0 atom stereocenters. The van der Waals surface area contributed by atoms with E-state index < -0.39 is 0 Å². The number of nitrogens with one attached hydrogen (secondary N) is 1. The number of hydrazone groups is 1. The molecule has 114 valence electrons. The van der Waals surface area contributed by atoms with Crippen LogP contribution in [-0.2, 0) is 0 Å². The first-order valence-electron chi connectivity index (χ1n) is 6.27. The Hall–Kier alpha value is -2.71. The van der Waals surface area contributed by atoms with Gasteiger partial charge in [-0.25, -0.2) is 0 Å². The van der Waals surface area contributed by atoms with E-state index in [9.17, 15) is 0 Å². The number of nitrogens with zero attached hydrogens (tertiary/aromatic N) is 2. The number of aromatic nitrogens is 1. The van der Waals surface area contributed by atoms with Gasteiger partial charge in [-0.1, -0.05) is 5.92 Å². The van der Waals surface area contributed by atoms with E-state index in [1.165, 1.54) is 0 Å². The highest BCUT2D eigenvalue weighted by Gasteiger charge is 2.04. The first kappa shape index (κ1) is 17.3. The van der Waals surface area contributed by atoms with Crippen LogP contribution in [-0.4, -0.2) is 24.9 Å². The van der Waals surface area contributed by atoms with Crippen molar-refractivity contribution in [3.05, 3.63) is 48.3 Å². The van der Waals surface area contributed by atoms with Gasteiger partial charge < -0.3 is 9.47 Å². The molecule has 5 nitrogen and oxygen atoms in total. The van der Waals surface area contributed by atoms with Crippen molar-refractivity contribution < 1.29 is 9.47 Å². The van der Waals surface area contributed by atoms with Crippen LogP contribution >= 0.6 is 12.4 Å². The van der Waals surface area contributed by atoms with Gasteiger partial charge in [0, 0.05) is 12.4 Å². The molecule has 0 bridgehead atoms. The van der Waals surface area contributed by atoms with E-state index in [4.69, 9.17) is 15.9 Å². The number of methoxy groups -OCH3 is 1. The molecule has 0 aliphatic carbocycles. The lowest BCUT2D eigenvalue weighted by Gasteiger charge is -2.09. The molecule has 0 aliphatic heterocycles. The average Bonchev–Trinajstić information content (AvgIpc) is 2.54. The SMILES string of the molecule is C#CCOc1cc(C=NNc2ccncc2)ccc1OC.Cl. The summed E-state index contributed by atoms with van der Waals surface area (Å²) in [5.74, 6) is 3.64. The van der Waals surface area contributed by atoms with Crippen molar-refractivity contribution >= 4 is 24.3 Å². The minimum absolute atomic E-state index is 0. The maximum absolute atomic E-state index is 5.43. The molecular formula is C16H16ClN3O2. The van der Waals surface area contributed by atoms with Gasteiger partial charge in [0.2, 0.25) is 0 Å². The molecule has 0 saturated carbocycles. The predicted octanol–water partition coefficient (Wildman–Crippen LogP) is 2.97. The van der Waals surface area contributed by atoms with E-state index in [1.807, 2.05) is 24.3 Å². The highest BCUT2D eigenvalue weighted by atomic mass is 35.5. The lowest BCUT2D eigenvalue weighted by atomic mass is 10.2. The Kier molecular flexibility index (Phi) is 7.31. The molecule has 1 aromatic heterocycles. The van der Waals surface area contributed by atoms with Gasteiger partial charge in [0.15, 0.2) is 11.5 Å². The van der Waals surface area contributed by atoms with Crippen molar-refractivity contribution in [2.24, 2.45) is 5.10 Å². The zero-order valence-electron chi connectivity index (χ0n) is 12.0. The summed E-state index contributed by atoms with van der Waals surface area (Å²) in [5.41, 5.74) is 4.63. The molecule has 6 heteroatoms. The number of hydrogen-bond acceptors (Lipinski definition) is 5. The van der Waals surface area contributed by atoms with Gasteiger partial charge >= 0.3 is 0 Å². The third kappa shape index (κ3) is 5.00. The highest BCUT2D eigenvalue weighted by molar-refractivity contribution is 5.85. The van der Waals surface area contributed by atoms with Crippen molar-refractivity contribution in [1.29, 1.82) is 0 Å². The Morgan fingerprint density at radius 3 is 2.73 bits per heavy atom. The second-order valence-corrected chi connectivity index (χ2v) is 4.01. The van der Waals surface area contributed by atoms with Gasteiger partial charge in [0.25, 0.3) is 0 Å². The summed E-state index contributed by atoms with van der Waals surface area (Å²) in [6.45, 7) is 0.187. The van der Waals surface area contributed by atoms with Crippen molar-refractivity contribution in [2.45, 2.75) is 0 Å². The molecule has 0 fully saturated rings. The number of rotatable bonds is 6. The maximum atomic E-state index is 5.43. The fourth-order valence-electron chi connectivity index (χ4n) is 1.61. The Balaban J connectivity index is 0.00000242. The van der Waals surface area contributed by atoms with E-state index in [1.54, 1.807) is 31.8 Å². The molecule has 0 saturated heterocycles. The second kappa shape index (κ2) is 9.27. The predicted molar refractivity (Wildman–Crippen MR) is 90.0 cm³/mol. The molecule has 0 unspecified atom stereocenters. The summed E-state index contributed by atoms with van der Waals surface area (Å²) in [5, 5.41) is 4.15. The molecule has 1 aromatic carbocycles. The number of terminal acetylenes is 1. The third-order valence-electron chi connectivity index (χ3n) is 2.59. The van der Waals surface area contributed by atoms with Crippen LogP contribution in [0, 0.1) is 12.3 Å². The first-order chi connectivity index (χ1) is 10.3. The minimum atomic E-state index is 0. The van der Waals surface area contributed by atoms with Crippen LogP contribution < -0.4 is 14.9 Å². The Labute approximate surface area is 135 Å². The van der Waals surface area contributed by atoms with E-state index >= 15 is 0 Å². The largest absolute Gasteiger partial charge is 0.493 e. The first-order valence-corrected chi connectivity index (χ1v) is 6.27. The standard InChI is InChI=1S/C16H15N3O2.ClH/c1-3-10-21-16-11-13(4-5-15(16)20-2)12-18-19-14-6-8-17-9-7-14;/h1,4-9,11-12H,10H2,2H3,(H,17,19);1H. The lowest BCUT2D eigenvalue weighted by Crippen LogP contribution is -1.98. The van der Waals surface area contributed by atoms with Gasteiger partial charge in [0.05, 0.1) is 19.0 Å². The maximum Gasteiger partial charge on any atom is 0.163 e. The van der Waals surface area contributed by atoms with E-state index in [-0.39, 0.29) is 19.0 Å². The van der Waals surface area contributed by atoms with Crippen LogP contribution in [0.25, 0.3) is 0 Å². The number of pyridine rings is 1. The summed E-state index contributed by atoms with van der Waals surface area (Å²) in [4.78, 5) is 3.93. The van der Waals surface area contributed by atoms with Gasteiger partial charge in [0.1, 0.15) is 6.61 Å². The fourth-order valence-corrected chi connectivity index (χ4v) is 1.61. The number of ether oxygens (including phenoxy) is 2. The summed E-state index contributed by atoms with van der Waals surface area (Å²) < 4.78 is 10.6. The zero-order chi connectivity index (χ0) is 14.9. The summed E-state index contributed by atoms with van der Waals surface area (Å²) in [6.07, 6.45) is 10.3. The summed E-state index contributed by atoms with van der Waals surface area (Å²) >= 11 is 0. The fraction of sp³-hybridized carbons (Fsp3) is 0.125. The zero-order valence-corrected chi connectivity index (χ0v) is 12.8. The number of halogens is 1. The molecule has 0 aliphatic rings. The number of benzene rings is 1. The normalized spacial score (nSPS) is 9.64. The smallest absolute Gasteiger partial charge is 0.163 e. The highest BCUT2D eigenvalue weighted by Crippen LogP contribution is 2.27. The van der Waals surface area contributed by atoms with Gasteiger partial charge in [-0.05, 0) is 35.9 Å². The van der Waals surface area contributed by atoms with Crippen molar-refractivity contribution in [3.63, 3.8) is 0 Å². The molecule has 0 radical (unpaired) electrons. The van der Waals surface area contributed by atoms with Crippen LogP contribution in [0.2, 0.25) is 0 Å². The second-order valence-electron chi connectivity index (χ2n) is 4.01. The van der Waals surface area contributed by atoms with E-state index in [0.29, 0.717) is 11.5 Å². The van der Waals surface area contributed by atoms with Crippen LogP contribution in [0.3, 0.4) is 0 Å². The summed E-state index contributed by atoms with van der Waals surface area (Å²) in [7, 11) is 1.58. The van der Waals surface area contributed by atoms with Crippen LogP contribution in [0.4, 0.5) is 5.69 Å². The molecular weight excluding hydrogens is 302 g/mol. The molecule has 0 spiro atoms. The molecule has 22 heavy (non-hydrogen) atoms. The molecule has 2 rings (SSSR count). The van der Waals surface area contributed by atoms with Gasteiger partial charge in [-0.2, -0.15) is 5.10 Å². The molecule has 2 aromatic rings. The van der Waals surface area contributed by atoms with Crippen molar-refractivity contribution in [2.75, 3.05) is 19.1 Å². The monoisotopic (exact) mass is 317 g/mol. The van der Waals surface area contributed by atoms with Crippen LogP contribution in [0.1, 0.15) is 5.56 Å². The molecule has 1 heterocycles. The van der Waals surface area contributed by atoms with Crippen LogP contribution in [0.15, 0.2) is 47.8 Å². The minimum Gasteiger partial charge on any atom is -0.493 e. The van der Waals surface area contributed by atoms with Gasteiger partial charge in [-0.3, -0.25) is 10.4 Å². The van der Waals surface area contributed by atoms with Crippen molar-refractivity contribution in [1.82, 2.24) is 4.98 Å². The third-order valence-corrected chi connectivity index (χ3v) is 2.59. The Bertz CT molecular complexity index is 654. The molecule has 1 N–H and O–H groups in total. The number of anilines is 1. The topological polar surface area (TPSA) is 55.7 Å². The summed E-state index contributed by atoms with van der Waals surface area (Å²) in [6, 6.07) is 9.15.